The monoisotopic (exact) mass is 392 g/mol. The summed E-state index contributed by atoms with van der Waals surface area (Å²) in [6.07, 6.45) is 2.87. The smallest absolute Gasteiger partial charge is 0.326 e. The van der Waals surface area contributed by atoms with Gasteiger partial charge in [0.15, 0.2) is 6.61 Å². The molecule has 0 aliphatic rings. The van der Waals surface area contributed by atoms with E-state index in [0.717, 1.165) is 29.5 Å². The molecule has 150 valence electrons. The number of ether oxygens (including phenoxy) is 1. The highest BCUT2D eigenvalue weighted by atomic mass is 16.5. The van der Waals surface area contributed by atoms with Crippen molar-refractivity contribution in [2.45, 2.75) is 40.2 Å². The molecule has 0 aliphatic carbocycles. The van der Waals surface area contributed by atoms with Crippen molar-refractivity contribution in [2.75, 3.05) is 6.61 Å². The van der Waals surface area contributed by atoms with Gasteiger partial charge < -0.3 is 4.74 Å². The Morgan fingerprint density at radius 1 is 1.10 bits per heavy atom. The van der Waals surface area contributed by atoms with Gasteiger partial charge in [-0.3, -0.25) is 19.0 Å². The number of carbonyl (C=O) groups excluding carboxylic acids is 2. The average Bonchev–Trinajstić information content (AvgIpc) is 2.74. The molecule has 0 aliphatic heterocycles. The third kappa shape index (κ3) is 4.42. The predicted octanol–water partition coefficient (Wildman–Crippen LogP) is 3.26. The van der Waals surface area contributed by atoms with Crippen LogP contribution in [0.4, 0.5) is 0 Å². The molecule has 0 atom stereocenters. The van der Waals surface area contributed by atoms with Crippen LogP contribution >= 0.6 is 0 Å². The van der Waals surface area contributed by atoms with Crippen LogP contribution in [0.2, 0.25) is 0 Å². The van der Waals surface area contributed by atoms with E-state index in [1.807, 2.05) is 45.0 Å². The van der Waals surface area contributed by atoms with Gasteiger partial charge in [-0.15, -0.1) is 0 Å². The van der Waals surface area contributed by atoms with Crippen LogP contribution in [0, 0.1) is 6.92 Å². The highest BCUT2D eigenvalue weighted by Crippen LogP contribution is 2.15. The number of para-hydroxylation sites is 1. The molecule has 3 rings (SSSR count). The molecule has 0 radical (unpaired) electrons. The molecule has 29 heavy (non-hydrogen) atoms. The Hall–Kier alpha value is -3.28. The number of aromatic nitrogens is 2. The Bertz CT molecular complexity index is 1130. The second-order valence-corrected chi connectivity index (χ2v) is 6.93. The van der Waals surface area contributed by atoms with E-state index in [2.05, 4.69) is 4.98 Å². The van der Waals surface area contributed by atoms with Gasteiger partial charge in [0.1, 0.15) is 6.54 Å². The summed E-state index contributed by atoms with van der Waals surface area (Å²) in [7, 11) is 0. The summed E-state index contributed by atoms with van der Waals surface area (Å²) < 4.78 is 6.35. The molecule has 0 N–H and O–H groups in total. The van der Waals surface area contributed by atoms with Crippen molar-refractivity contribution in [2.24, 2.45) is 0 Å². The average molecular weight is 392 g/mol. The maximum atomic E-state index is 12.6. The van der Waals surface area contributed by atoms with Gasteiger partial charge in [-0.25, -0.2) is 4.98 Å². The van der Waals surface area contributed by atoms with Crippen molar-refractivity contribution in [1.82, 2.24) is 9.55 Å². The second kappa shape index (κ2) is 8.82. The fraction of sp³-hybridized carbons (Fsp3) is 0.304. The van der Waals surface area contributed by atoms with Gasteiger partial charge >= 0.3 is 5.97 Å². The summed E-state index contributed by atoms with van der Waals surface area (Å²) in [6, 6.07) is 11.1. The van der Waals surface area contributed by atoms with Crippen LogP contribution in [-0.4, -0.2) is 27.9 Å². The van der Waals surface area contributed by atoms with E-state index in [1.165, 1.54) is 10.9 Å². The Morgan fingerprint density at radius 2 is 1.90 bits per heavy atom. The zero-order valence-electron chi connectivity index (χ0n) is 16.9. The highest BCUT2D eigenvalue weighted by molar-refractivity contribution is 5.99. The molecule has 0 unspecified atom stereocenters. The molecule has 2 aromatic carbocycles. The minimum absolute atomic E-state index is 0.245. The number of benzene rings is 2. The van der Waals surface area contributed by atoms with E-state index in [9.17, 15) is 14.4 Å². The SMILES string of the molecule is CCc1ccc(CC)c(C(=O)COC(=O)Cn2cnc3c(C)cccc3c2=O)c1. The summed E-state index contributed by atoms with van der Waals surface area (Å²) in [5, 5.41) is 0.445. The summed E-state index contributed by atoms with van der Waals surface area (Å²) >= 11 is 0. The van der Waals surface area contributed by atoms with Crippen molar-refractivity contribution >= 4 is 22.7 Å². The maximum Gasteiger partial charge on any atom is 0.326 e. The molecule has 0 bridgehead atoms. The van der Waals surface area contributed by atoms with Crippen molar-refractivity contribution in [1.29, 1.82) is 0 Å². The van der Waals surface area contributed by atoms with Crippen LogP contribution in [0.3, 0.4) is 0 Å². The minimum atomic E-state index is -0.654. The Morgan fingerprint density at radius 3 is 2.62 bits per heavy atom. The van der Waals surface area contributed by atoms with Crippen LogP contribution in [0.25, 0.3) is 10.9 Å². The molecule has 1 heterocycles. The van der Waals surface area contributed by atoms with E-state index in [4.69, 9.17) is 4.74 Å². The van der Waals surface area contributed by atoms with Crippen molar-refractivity contribution in [3.63, 3.8) is 0 Å². The summed E-state index contributed by atoms with van der Waals surface area (Å²) in [6.45, 7) is 5.22. The summed E-state index contributed by atoms with van der Waals surface area (Å²) in [4.78, 5) is 41.6. The van der Waals surface area contributed by atoms with E-state index < -0.39 is 5.97 Å². The molecular weight excluding hydrogens is 368 g/mol. The third-order valence-corrected chi connectivity index (χ3v) is 4.98. The number of nitrogens with zero attached hydrogens (tertiary/aromatic N) is 2. The Kier molecular flexibility index (Phi) is 6.22. The lowest BCUT2D eigenvalue weighted by molar-refractivity contribution is -0.143. The van der Waals surface area contributed by atoms with Crippen LogP contribution in [0.15, 0.2) is 47.5 Å². The van der Waals surface area contributed by atoms with E-state index in [1.54, 1.807) is 12.1 Å². The molecule has 1 aromatic heterocycles. The first kappa shape index (κ1) is 20.5. The number of rotatable bonds is 7. The Balaban J connectivity index is 1.71. The van der Waals surface area contributed by atoms with Gasteiger partial charge in [0.2, 0.25) is 5.78 Å². The normalized spacial score (nSPS) is 10.9. The van der Waals surface area contributed by atoms with Crippen LogP contribution in [0.5, 0.6) is 0 Å². The van der Waals surface area contributed by atoms with Gasteiger partial charge in [0, 0.05) is 5.56 Å². The molecular formula is C23H24N2O4. The predicted molar refractivity (Wildman–Crippen MR) is 111 cm³/mol. The molecule has 0 saturated heterocycles. The number of aryl methyl sites for hydroxylation is 3. The number of Topliss-reactive ketones (excluding diaryl/α,β-unsaturated/α-hetero) is 1. The lowest BCUT2D eigenvalue weighted by Gasteiger charge is -2.11. The van der Waals surface area contributed by atoms with Crippen LogP contribution in [-0.2, 0) is 28.9 Å². The summed E-state index contributed by atoms with van der Waals surface area (Å²) in [5.74, 6) is -0.899. The van der Waals surface area contributed by atoms with Gasteiger partial charge in [-0.05, 0) is 48.6 Å². The Labute approximate surface area is 169 Å². The first-order valence-corrected chi connectivity index (χ1v) is 9.70. The topological polar surface area (TPSA) is 78.3 Å². The molecule has 0 fully saturated rings. The van der Waals surface area contributed by atoms with E-state index in [0.29, 0.717) is 16.5 Å². The molecule has 0 amide bonds. The van der Waals surface area contributed by atoms with Crippen molar-refractivity contribution < 1.29 is 14.3 Å². The quantitative estimate of drug-likeness (QED) is 0.456. The molecule has 3 aromatic rings. The first-order chi connectivity index (χ1) is 13.9. The zero-order valence-corrected chi connectivity index (χ0v) is 16.9. The number of carbonyl (C=O) groups is 2. The maximum absolute atomic E-state index is 12.6. The highest BCUT2D eigenvalue weighted by Gasteiger charge is 2.15. The van der Waals surface area contributed by atoms with Crippen molar-refractivity contribution in [3.05, 3.63) is 75.3 Å². The molecule has 0 saturated carbocycles. The number of hydrogen-bond acceptors (Lipinski definition) is 5. The largest absolute Gasteiger partial charge is 0.456 e. The van der Waals surface area contributed by atoms with Gasteiger partial charge in [0.05, 0.1) is 17.2 Å². The third-order valence-electron chi connectivity index (χ3n) is 4.98. The fourth-order valence-electron chi connectivity index (χ4n) is 3.27. The van der Waals surface area contributed by atoms with Gasteiger partial charge in [-0.1, -0.05) is 38.1 Å². The lowest BCUT2D eigenvalue weighted by Crippen LogP contribution is -2.27. The van der Waals surface area contributed by atoms with Gasteiger partial charge in [-0.2, -0.15) is 0 Å². The fourth-order valence-corrected chi connectivity index (χ4v) is 3.27. The first-order valence-electron chi connectivity index (χ1n) is 9.70. The van der Waals surface area contributed by atoms with E-state index >= 15 is 0 Å². The number of fused-ring (bicyclic) bond motifs is 1. The van der Waals surface area contributed by atoms with Crippen LogP contribution < -0.4 is 5.56 Å². The summed E-state index contributed by atoms with van der Waals surface area (Å²) in [5.41, 5.74) is 3.75. The molecule has 0 spiro atoms. The van der Waals surface area contributed by atoms with Crippen molar-refractivity contribution in [3.8, 4) is 0 Å². The molecule has 6 nitrogen and oxygen atoms in total. The number of esters is 1. The molecule has 6 heteroatoms. The van der Waals surface area contributed by atoms with E-state index in [-0.39, 0.29) is 24.5 Å². The lowest BCUT2D eigenvalue weighted by atomic mass is 9.98. The van der Waals surface area contributed by atoms with Crippen LogP contribution in [0.1, 0.15) is 40.9 Å². The van der Waals surface area contributed by atoms with Gasteiger partial charge in [0.25, 0.3) is 5.56 Å². The number of ketones is 1. The standard InChI is InChI=1S/C23H24N2O4/c1-4-16-9-10-17(5-2)19(11-16)20(26)13-29-21(27)12-25-14-24-22-15(3)7-6-8-18(22)23(25)28/h6-11,14H,4-5,12-13H2,1-3H3. The zero-order chi connectivity index (χ0) is 21.0. The number of hydrogen-bond donors (Lipinski definition) is 0. The minimum Gasteiger partial charge on any atom is -0.456 e. The second-order valence-electron chi connectivity index (χ2n) is 6.93.